The Balaban J connectivity index is 1.37. The smallest absolute Gasteiger partial charge is 0.264 e. The minimum Gasteiger partial charge on any atom is -0.487 e. The molecule has 1 saturated carbocycles. The van der Waals surface area contributed by atoms with Gasteiger partial charge in [-0.2, -0.15) is 0 Å². The van der Waals surface area contributed by atoms with E-state index in [4.69, 9.17) is 25.8 Å². The number of anilines is 1. The van der Waals surface area contributed by atoms with E-state index in [0.29, 0.717) is 23.8 Å². The molecule has 3 heterocycles. The van der Waals surface area contributed by atoms with Gasteiger partial charge in [0.2, 0.25) is 10.0 Å². The van der Waals surface area contributed by atoms with Gasteiger partial charge in [-0.1, -0.05) is 42.5 Å². The third kappa shape index (κ3) is 8.94. The Bertz CT molecular complexity index is 1750. The second kappa shape index (κ2) is 16.7. The monoisotopic (exact) mass is 737 g/mol. The predicted octanol–water partition coefficient (Wildman–Crippen LogP) is 6.24. The molecule has 276 valence electrons. The quantitative estimate of drug-likeness (QED) is 0.292. The van der Waals surface area contributed by atoms with Crippen molar-refractivity contribution in [1.82, 2.24) is 9.62 Å². The maximum Gasteiger partial charge on any atom is 0.264 e. The summed E-state index contributed by atoms with van der Waals surface area (Å²) in [6.45, 7) is 9.62. The highest BCUT2D eigenvalue weighted by atomic mass is 35.5. The number of nitrogens with one attached hydrogen (secondary N) is 1. The normalized spacial score (nSPS) is 29.3. The standard InChI is InChI=1S/C40H52ClN3O6S/c1-29-9-8-18-40(48-3,17-5-7-19-43-21-23-49-24-22-43)36-15-12-33(36)27-44-20-6-4-10-31-25-35(41)14-11-34(31)28-50-38-16-13-32(26-37(38)44)39(45)42-51(46,47)30(29)2/h8,11,13-14,16,18,25-26,29-30,33,36H,4,6-7,9-10,12,15,19-24,27-28H2,1-3H3,(H,42,45)/b18-8+/t29-,30+,33-,36+,40-/m0/s1. The van der Waals surface area contributed by atoms with Gasteiger partial charge >= 0.3 is 0 Å². The zero-order valence-corrected chi connectivity index (χ0v) is 31.7. The van der Waals surface area contributed by atoms with Crippen LogP contribution in [-0.4, -0.2) is 83.1 Å². The lowest BCUT2D eigenvalue weighted by molar-refractivity contribution is -0.0349. The van der Waals surface area contributed by atoms with Crippen LogP contribution in [0.2, 0.25) is 5.02 Å². The van der Waals surface area contributed by atoms with Gasteiger partial charge in [-0.25, -0.2) is 13.1 Å². The van der Waals surface area contributed by atoms with E-state index in [2.05, 4.69) is 32.4 Å². The summed E-state index contributed by atoms with van der Waals surface area (Å²) < 4.78 is 47.8. The molecule has 5 atom stereocenters. The molecule has 2 bridgehead atoms. The number of methoxy groups -OCH3 is 1. The molecule has 2 fully saturated rings. The fourth-order valence-electron chi connectivity index (χ4n) is 7.72. The van der Waals surface area contributed by atoms with Gasteiger partial charge in [0.25, 0.3) is 5.91 Å². The van der Waals surface area contributed by atoms with Gasteiger partial charge in [0.05, 0.1) is 24.2 Å². The maximum atomic E-state index is 13.6. The number of rotatable bonds is 3. The van der Waals surface area contributed by atoms with Crippen molar-refractivity contribution in [1.29, 1.82) is 0 Å². The third-order valence-corrected chi connectivity index (χ3v) is 13.5. The van der Waals surface area contributed by atoms with Crippen LogP contribution in [0.25, 0.3) is 0 Å². The van der Waals surface area contributed by atoms with E-state index in [1.54, 1.807) is 32.2 Å². The first-order valence-corrected chi connectivity index (χ1v) is 20.4. The summed E-state index contributed by atoms with van der Waals surface area (Å²) in [4.78, 5) is 18.3. The van der Waals surface area contributed by atoms with Crippen LogP contribution in [0.15, 0.2) is 48.6 Å². The largest absolute Gasteiger partial charge is 0.487 e. The molecule has 4 aliphatic rings. The number of morpholine rings is 1. The summed E-state index contributed by atoms with van der Waals surface area (Å²) in [6, 6.07) is 11.2. The average molecular weight is 738 g/mol. The van der Waals surface area contributed by atoms with Crippen molar-refractivity contribution in [3.63, 3.8) is 0 Å². The van der Waals surface area contributed by atoms with Crippen LogP contribution in [0.4, 0.5) is 5.69 Å². The van der Waals surface area contributed by atoms with E-state index in [1.807, 2.05) is 31.2 Å². The molecule has 2 aromatic carbocycles. The lowest BCUT2D eigenvalue weighted by Crippen LogP contribution is -2.50. The molecule has 0 spiro atoms. The number of sulfonamides is 1. The van der Waals surface area contributed by atoms with E-state index >= 15 is 0 Å². The Hall–Kier alpha value is -3.07. The zero-order chi connectivity index (χ0) is 36.0. The minimum atomic E-state index is -3.97. The Kier molecular flexibility index (Phi) is 12.4. The Morgan fingerprint density at radius 3 is 2.65 bits per heavy atom. The molecular formula is C40H52ClN3O6S. The summed E-state index contributed by atoms with van der Waals surface area (Å²) in [5, 5.41) is -0.0967. The van der Waals surface area contributed by atoms with Crippen LogP contribution in [0, 0.1) is 29.6 Å². The van der Waals surface area contributed by atoms with Gasteiger partial charge in [-0.05, 0) is 105 Å². The number of nitrogens with zero attached hydrogens (tertiary/aromatic N) is 2. The molecule has 0 aromatic heterocycles. The molecule has 1 N–H and O–H groups in total. The van der Waals surface area contributed by atoms with Crippen molar-refractivity contribution < 1.29 is 27.4 Å². The van der Waals surface area contributed by atoms with Crippen LogP contribution < -0.4 is 14.4 Å². The molecule has 0 unspecified atom stereocenters. The zero-order valence-electron chi connectivity index (χ0n) is 30.2. The van der Waals surface area contributed by atoms with Crippen LogP contribution >= 0.6 is 11.6 Å². The van der Waals surface area contributed by atoms with Gasteiger partial charge in [0.1, 0.15) is 18.0 Å². The average Bonchev–Trinajstić information content (AvgIpc) is 3.14. The van der Waals surface area contributed by atoms with Crippen LogP contribution in [0.5, 0.6) is 5.75 Å². The molecule has 51 heavy (non-hydrogen) atoms. The summed E-state index contributed by atoms with van der Waals surface area (Å²) in [5.74, 6) is 7.24. The van der Waals surface area contributed by atoms with Crippen LogP contribution in [0.1, 0.15) is 73.9 Å². The van der Waals surface area contributed by atoms with Gasteiger partial charge < -0.3 is 19.1 Å². The van der Waals surface area contributed by atoms with Gasteiger partial charge in [-0.15, -0.1) is 0 Å². The molecular weight excluding hydrogens is 686 g/mol. The number of carbonyl (C=O) groups excluding carboxylic acids is 1. The number of aryl methyl sites for hydroxylation is 1. The molecule has 1 amide bonds. The lowest BCUT2D eigenvalue weighted by Gasteiger charge is -2.47. The number of halogens is 1. The van der Waals surface area contributed by atoms with Gasteiger partial charge in [0.15, 0.2) is 0 Å². The lowest BCUT2D eigenvalue weighted by atomic mass is 9.64. The van der Waals surface area contributed by atoms with E-state index in [0.717, 1.165) is 95.7 Å². The van der Waals surface area contributed by atoms with E-state index in [-0.39, 0.29) is 23.3 Å². The third-order valence-electron chi connectivity index (χ3n) is 11.3. The first-order chi connectivity index (χ1) is 24.6. The number of ether oxygens (including phenoxy) is 3. The minimum absolute atomic E-state index is 0.138. The number of allylic oxidation sites excluding steroid dienone is 1. The molecule has 1 aliphatic carbocycles. The van der Waals surface area contributed by atoms with Crippen molar-refractivity contribution in [3.8, 4) is 17.6 Å². The van der Waals surface area contributed by atoms with E-state index in [9.17, 15) is 13.2 Å². The molecule has 0 radical (unpaired) electrons. The highest BCUT2D eigenvalue weighted by Crippen LogP contribution is 2.46. The predicted molar refractivity (Wildman–Crippen MR) is 202 cm³/mol. The van der Waals surface area contributed by atoms with E-state index < -0.39 is 26.8 Å². The molecule has 3 aliphatic heterocycles. The van der Waals surface area contributed by atoms with Gasteiger partial charge in [0, 0.05) is 62.8 Å². The number of hydrogen-bond acceptors (Lipinski definition) is 8. The number of fused-ring (bicyclic) bond motifs is 3. The molecule has 11 heteroatoms. The SMILES string of the molecule is CO[C@@]1(C#CCCN2CCOCC2)/C=C/C[C@H](C)[C@@H](C)S(=O)(=O)NC(=O)c2ccc3c(c2)N(CCCCc2cc(Cl)ccc2CO3)C[C@@H]2CC[C@H]21. The molecule has 6 rings (SSSR count). The van der Waals surface area contributed by atoms with Crippen molar-refractivity contribution in [3.05, 3.63) is 70.3 Å². The molecule has 1 saturated heterocycles. The topological polar surface area (TPSA) is 97.4 Å². The number of benzene rings is 2. The summed E-state index contributed by atoms with van der Waals surface area (Å²) in [7, 11) is -2.23. The number of carbonyl (C=O) groups is 1. The fraction of sp³-hybridized carbons (Fsp3) is 0.575. The van der Waals surface area contributed by atoms with Crippen LogP contribution in [-0.2, 0) is 32.5 Å². The molecule has 2 aromatic rings. The first-order valence-electron chi connectivity index (χ1n) is 18.5. The maximum absolute atomic E-state index is 13.6. The Labute approximate surface area is 309 Å². The second-order valence-electron chi connectivity index (χ2n) is 14.5. The Morgan fingerprint density at radius 1 is 1.06 bits per heavy atom. The summed E-state index contributed by atoms with van der Waals surface area (Å²) >= 11 is 6.38. The summed E-state index contributed by atoms with van der Waals surface area (Å²) in [5.41, 5.74) is 2.51. The first kappa shape index (κ1) is 37.7. The Morgan fingerprint density at radius 2 is 1.88 bits per heavy atom. The molecule has 9 nitrogen and oxygen atoms in total. The van der Waals surface area contributed by atoms with Crippen LogP contribution in [0.3, 0.4) is 0 Å². The summed E-state index contributed by atoms with van der Waals surface area (Å²) in [6.07, 6.45) is 10.1. The number of hydrogen-bond donors (Lipinski definition) is 1. The van der Waals surface area contributed by atoms with Crippen molar-refractivity contribution in [2.24, 2.45) is 17.8 Å². The number of amides is 1. The highest BCUT2D eigenvalue weighted by molar-refractivity contribution is 7.90. The van der Waals surface area contributed by atoms with Gasteiger partial charge in [-0.3, -0.25) is 9.69 Å². The second-order valence-corrected chi connectivity index (χ2v) is 17.0. The van der Waals surface area contributed by atoms with Crippen molar-refractivity contribution >= 4 is 33.2 Å². The van der Waals surface area contributed by atoms with Crippen molar-refractivity contribution in [2.75, 3.05) is 57.9 Å². The van der Waals surface area contributed by atoms with Crippen molar-refractivity contribution in [2.45, 2.75) is 76.3 Å². The highest BCUT2D eigenvalue weighted by Gasteiger charge is 2.46. The fourth-order valence-corrected chi connectivity index (χ4v) is 9.20. The van der Waals surface area contributed by atoms with E-state index in [1.165, 1.54) is 5.56 Å².